The first-order valence-corrected chi connectivity index (χ1v) is 11.8. The van der Waals surface area contributed by atoms with E-state index in [1.54, 1.807) is 7.11 Å². The van der Waals surface area contributed by atoms with Crippen LogP contribution in [0.4, 0.5) is 17.1 Å². The number of anilines is 3. The first-order valence-electron chi connectivity index (χ1n) is 10.2. The Morgan fingerprint density at radius 2 is 1.45 bits per heavy atom. The van der Waals surface area contributed by atoms with Gasteiger partial charge in [0.15, 0.2) is 4.90 Å². The van der Waals surface area contributed by atoms with E-state index in [1.165, 1.54) is 29.2 Å². The fourth-order valence-electron chi connectivity index (χ4n) is 3.66. The lowest BCUT2D eigenvalue weighted by atomic mass is 10.2. The van der Waals surface area contributed by atoms with Crippen LogP contribution in [-0.2, 0) is 15.6 Å². The molecule has 0 amide bonds. The molecule has 1 fully saturated rings. The lowest BCUT2D eigenvalue weighted by Crippen LogP contribution is -2.11. The summed E-state index contributed by atoms with van der Waals surface area (Å²) in [6.45, 7) is 1.12. The largest absolute Gasteiger partial charge is 0.491 e. The van der Waals surface area contributed by atoms with E-state index in [9.17, 15) is 0 Å². The highest BCUT2D eigenvalue weighted by molar-refractivity contribution is 7.97. The highest BCUT2D eigenvalue weighted by Crippen LogP contribution is 2.36. The highest BCUT2D eigenvalue weighted by Gasteiger charge is 2.26. The molecule has 0 unspecified atom stereocenters. The molecule has 4 rings (SSSR count). The first-order chi connectivity index (χ1) is 14.3. The average Bonchev–Trinajstić information content (AvgIpc) is 3.31. The molecule has 0 spiro atoms. The highest BCUT2D eigenvalue weighted by atomic mass is 32.2. The number of rotatable bonds is 8. The summed E-state index contributed by atoms with van der Waals surface area (Å²) < 4.78 is 10.9. The van der Waals surface area contributed by atoms with Crippen LogP contribution in [0.2, 0.25) is 0 Å². The summed E-state index contributed by atoms with van der Waals surface area (Å²) in [6, 6.07) is 27.9. The molecule has 1 aliphatic rings. The number of hydrogen-bond acceptors (Lipinski definition) is 3. The summed E-state index contributed by atoms with van der Waals surface area (Å²) in [5, 5.41) is 0. The van der Waals surface area contributed by atoms with Gasteiger partial charge < -0.3 is 14.4 Å². The summed E-state index contributed by atoms with van der Waals surface area (Å²) in [7, 11) is 2.13. The Hall–Kier alpha value is -2.43. The van der Waals surface area contributed by atoms with Crippen LogP contribution >= 0.6 is 0 Å². The maximum Gasteiger partial charge on any atom is 0.155 e. The fraction of sp³-hybridized carbons (Fsp3) is 0.280. The molecule has 1 heterocycles. The predicted molar refractivity (Wildman–Crippen MR) is 123 cm³/mol. The Kier molecular flexibility index (Phi) is 6.75. The zero-order valence-corrected chi connectivity index (χ0v) is 17.7. The summed E-state index contributed by atoms with van der Waals surface area (Å²) >= 11 is 0. The number of nitrogens with zero attached hydrogens (tertiary/aromatic N) is 1. The Labute approximate surface area is 176 Å². The van der Waals surface area contributed by atoms with Gasteiger partial charge in [0.25, 0.3) is 0 Å². The molecule has 1 saturated heterocycles. The first kappa shape index (κ1) is 19.9. The average molecular weight is 407 g/mol. The van der Waals surface area contributed by atoms with E-state index in [0.29, 0.717) is 24.1 Å². The minimum Gasteiger partial charge on any atom is -0.491 e. The zero-order valence-electron chi connectivity index (χ0n) is 16.9. The summed E-state index contributed by atoms with van der Waals surface area (Å²) in [4.78, 5) is 3.78. The van der Waals surface area contributed by atoms with Gasteiger partial charge in [0, 0.05) is 41.1 Å². The van der Waals surface area contributed by atoms with Crippen molar-refractivity contribution in [3.63, 3.8) is 0 Å². The molecule has 0 N–H and O–H groups in total. The number of methoxy groups -OCH3 is 1. The standard InChI is InChI=1S/C25H28NO2S/c1-27-16-17-28-24-11-7-10-23(20-24)26(21-8-3-2-4-9-21)22-12-14-25(15-13-22)29-18-5-6-19-29/h2-4,7-15,20H,5-6,16-19H2,1H3/q+1. The van der Waals surface area contributed by atoms with Crippen molar-refractivity contribution in [3.8, 4) is 5.75 Å². The molecule has 3 nitrogen and oxygen atoms in total. The molecular formula is C25H28NO2S+. The van der Waals surface area contributed by atoms with Gasteiger partial charge in [-0.2, -0.15) is 0 Å². The van der Waals surface area contributed by atoms with Gasteiger partial charge in [-0.15, -0.1) is 0 Å². The van der Waals surface area contributed by atoms with E-state index >= 15 is 0 Å². The topological polar surface area (TPSA) is 21.7 Å². The van der Waals surface area contributed by atoms with Gasteiger partial charge in [-0.25, -0.2) is 0 Å². The van der Waals surface area contributed by atoms with Crippen molar-refractivity contribution in [1.82, 2.24) is 0 Å². The van der Waals surface area contributed by atoms with Crippen molar-refractivity contribution < 1.29 is 9.47 Å². The summed E-state index contributed by atoms with van der Waals surface area (Å²) in [5.74, 6) is 3.55. The minimum absolute atomic E-state index is 0.440. The molecule has 0 aliphatic carbocycles. The van der Waals surface area contributed by atoms with Gasteiger partial charge >= 0.3 is 0 Å². The molecule has 0 atom stereocenters. The van der Waals surface area contributed by atoms with E-state index in [4.69, 9.17) is 9.47 Å². The predicted octanol–water partition coefficient (Wildman–Crippen LogP) is 5.95. The maximum atomic E-state index is 5.85. The number of hydrogen-bond donors (Lipinski definition) is 0. The molecule has 29 heavy (non-hydrogen) atoms. The van der Waals surface area contributed by atoms with Crippen LogP contribution in [0, 0.1) is 0 Å². The van der Waals surface area contributed by atoms with E-state index in [1.807, 2.05) is 12.1 Å². The normalized spacial score (nSPS) is 14.1. The number of para-hydroxylation sites is 1. The van der Waals surface area contributed by atoms with Crippen LogP contribution < -0.4 is 9.64 Å². The number of ether oxygens (including phenoxy) is 2. The van der Waals surface area contributed by atoms with Crippen molar-refractivity contribution in [2.45, 2.75) is 17.7 Å². The monoisotopic (exact) mass is 406 g/mol. The van der Waals surface area contributed by atoms with Gasteiger partial charge in [0.05, 0.1) is 6.61 Å². The third-order valence-corrected chi connectivity index (χ3v) is 7.61. The fourth-order valence-corrected chi connectivity index (χ4v) is 5.96. The SMILES string of the molecule is COCCOc1cccc(N(c2ccccc2)c2ccc([S+]3CCCC3)cc2)c1. The van der Waals surface area contributed by atoms with Gasteiger partial charge in [0.2, 0.25) is 0 Å². The van der Waals surface area contributed by atoms with Crippen molar-refractivity contribution in [3.05, 3.63) is 78.9 Å². The number of benzene rings is 3. The van der Waals surface area contributed by atoms with Crippen LogP contribution in [-0.4, -0.2) is 31.8 Å². The zero-order chi connectivity index (χ0) is 19.9. The molecule has 150 valence electrons. The molecule has 1 aliphatic heterocycles. The summed E-state index contributed by atoms with van der Waals surface area (Å²) in [5.41, 5.74) is 3.39. The maximum absolute atomic E-state index is 5.85. The Balaban J connectivity index is 1.65. The second kappa shape index (κ2) is 9.86. The van der Waals surface area contributed by atoms with Crippen molar-refractivity contribution in [2.24, 2.45) is 0 Å². The summed E-state index contributed by atoms with van der Waals surface area (Å²) in [6.07, 6.45) is 2.74. The van der Waals surface area contributed by atoms with Crippen LogP contribution in [0.3, 0.4) is 0 Å². The molecule has 0 aromatic heterocycles. The van der Waals surface area contributed by atoms with E-state index in [-0.39, 0.29) is 0 Å². The lowest BCUT2D eigenvalue weighted by molar-refractivity contribution is 0.146. The van der Waals surface area contributed by atoms with Crippen LogP contribution in [0.15, 0.2) is 83.8 Å². The molecule has 0 radical (unpaired) electrons. The van der Waals surface area contributed by atoms with Crippen LogP contribution in [0.1, 0.15) is 12.8 Å². The van der Waals surface area contributed by atoms with Crippen LogP contribution in [0.5, 0.6) is 5.75 Å². The molecular weight excluding hydrogens is 378 g/mol. The minimum atomic E-state index is 0.440. The quantitative estimate of drug-likeness (QED) is 0.341. The van der Waals surface area contributed by atoms with E-state index in [0.717, 1.165) is 22.8 Å². The van der Waals surface area contributed by atoms with Crippen molar-refractivity contribution >= 4 is 28.0 Å². The van der Waals surface area contributed by atoms with Gasteiger partial charge in [-0.3, -0.25) is 0 Å². The van der Waals surface area contributed by atoms with Gasteiger partial charge in [0.1, 0.15) is 23.9 Å². The lowest BCUT2D eigenvalue weighted by Gasteiger charge is -2.26. The molecule has 0 saturated carbocycles. The van der Waals surface area contributed by atoms with E-state index < -0.39 is 0 Å². The van der Waals surface area contributed by atoms with E-state index in [2.05, 4.69) is 71.6 Å². The third kappa shape index (κ3) is 4.95. The molecule has 4 heteroatoms. The molecule has 0 bridgehead atoms. The smallest absolute Gasteiger partial charge is 0.155 e. The Morgan fingerprint density at radius 1 is 0.759 bits per heavy atom. The van der Waals surface area contributed by atoms with Gasteiger partial charge in [-0.1, -0.05) is 24.3 Å². The van der Waals surface area contributed by atoms with Gasteiger partial charge in [-0.05, 0) is 61.4 Å². The van der Waals surface area contributed by atoms with Crippen LogP contribution in [0.25, 0.3) is 0 Å². The second-order valence-corrected chi connectivity index (χ2v) is 9.39. The van der Waals surface area contributed by atoms with Crippen molar-refractivity contribution in [2.75, 3.05) is 36.7 Å². The Bertz CT molecular complexity index is 892. The second-order valence-electron chi connectivity index (χ2n) is 7.11. The Morgan fingerprint density at radius 3 is 2.17 bits per heavy atom. The molecule has 3 aromatic carbocycles. The van der Waals surface area contributed by atoms with Crippen molar-refractivity contribution in [1.29, 1.82) is 0 Å². The molecule has 3 aromatic rings. The third-order valence-electron chi connectivity index (χ3n) is 5.11.